The Hall–Kier alpha value is -0.680. The number of nitrogens with one attached hydrogen (secondary N) is 1. The van der Waals surface area contributed by atoms with Crippen molar-refractivity contribution in [1.29, 1.82) is 0 Å². The van der Waals surface area contributed by atoms with Gasteiger partial charge in [-0.15, -0.1) is 0 Å². The lowest BCUT2D eigenvalue weighted by atomic mass is 9.98. The Morgan fingerprint density at radius 3 is 2.83 bits per heavy atom. The Morgan fingerprint density at radius 1 is 1.28 bits per heavy atom. The van der Waals surface area contributed by atoms with E-state index in [1.165, 1.54) is 24.1 Å². The number of halogens is 1. The van der Waals surface area contributed by atoms with Gasteiger partial charge in [0.25, 0.3) is 0 Å². The van der Waals surface area contributed by atoms with Crippen molar-refractivity contribution in [3.05, 3.63) is 16.0 Å². The molecule has 98 valence electrons. The number of anilines is 1. The van der Waals surface area contributed by atoms with Crippen LogP contribution in [-0.4, -0.2) is 29.6 Å². The molecule has 1 saturated heterocycles. The molecule has 4 nitrogen and oxygen atoms in total. The molecule has 3 heterocycles. The highest BCUT2D eigenvalue weighted by Gasteiger charge is 2.23. The molecule has 0 bridgehead atoms. The van der Waals surface area contributed by atoms with E-state index in [9.17, 15) is 0 Å². The Kier molecular flexibility index (Phi) is 3.52. The van der Waals surface area contributed by atoms with Gasteiger partial charge in [0.2, 0.25) is 0 Å². The minimum Gasteiger partial charge on any atom is -0.356 e. The van der Waals surface area contributed by atoms with Crippen LogP contribution in [-0.2, 0) is 13.0 Å². The summed E-state index contributed by atoms with van der Waals surface area (Å²) in [5, 5.41) is 3.43. The van der Waals surface area contributed by atoms with Gasteiger partial charge in [0.15, 0.2) is 4.73 Å². The van der Waals surface area contributed by atoms with Crippen molar-refractivity contribution in [3.8, 4) is 0 Å². The highest BCUT2D eigenvalue weighted by atomic mass is 79.9. The molecule has 0 aliphatic carbocycles. The van der Waals surface area contributed by atoms with Gasteiger partial charge in [0, 0.05) is 38.2 Å². The molecule has 0 atom stereocenters. The zero-order valence-corrected chi connectivity index (χ0v) is 12.3. The number of aromatic nitrogens is 2. The second-order valence-electron chi connectivity index (χ2n) is 5.34. The Bertz CT molecular complexity index is 441. The third-order valence-corrected chi connectivity index (χ3v) is 4.32. The summed E-state index contributed by atoms with van der Waals surface area (Å²) in [4.78, 5) is 11.6. The smallest absolute Gasteiger partial charge is 0.198 e. The molecule has 1 aromatic rings. The topological polar surface area (TPSA) is 41.1 Å². The molecule has 0 saturated carbocycles. The lowest BCUT2D eigenvalue weighted by Crippen LogP contribution is -2.36. The Balaban J connectivity index is 1.93. The van der Waals surface area contributed by atoms with Crippen LogP contribution in [0.15, 0.2) is 4.73 Å². The summed E-state index contributed by atoms with van der Waals surface area (Å²) >= 11 is 3.45. The van der Waals surface area contributed by atoms with Gasteiger partial charge in [0.1, 0.15) is 5.82 Å². The monoisotopic (exact) mass is 310 g/mol. The second-order valence-corrected chi connectivity index (χ2v) is 6.05. The SMILES string of the molecule is CC1CCN(c2nc(Br)nc3c2CNCC3)CC1. The van der Waals surface area contributed by atoms with E-state index in [2.05, 4.69) is 43.0 Å². The van der Waals surface area contributed by atoms with Crippen molar-refractivity contribution < 1.29 is 0 Å². The number of hydrogen-bond acceptors (Lipinski definition) is 4. The van der Waals surface area contributed by atoms with E-state index in [0.717, 1.165) is 49.1 Å². The molecule has 18 heavy (non-hydrogen) atoms. The number of piperidine rings is 1. The van der Waals surface area contributed by atoms with Gasteiger partial charge in [0.05, 0.1) is 5.69 Å². The predicted molar refractivity (Wildman–Crippen MR) is 75.8 cm³/mol. The van der Waals surface area contributed by atoms with Crippen molar-refractivity contribution in [1.82, 2.24) is 15.3 Å². The van der Waals surface area contributed by atoms with Gasteiger partial charge < -0.3 is 10.2 Å². The van der Waals surface area contributed by atoms with Crippen molar-refractivity contribution in [2.24, 2.45) is 5.92 Å². The van der Waals surface area contributed by atoms with Gasteiger partial charge in [-0.2, -0.15) is 0 Å². The number of hydrogen-bond donors (Lipinski definition) is 1. The molecule has 0 aromatic carbocycles. The van der Waals surface area contributed by atoms with Crippen molar-refractivity contribution >= 4 is 21.7 Å². The first-order chi connectivity index (χ1) is 8.74. The molecule has 0 amide bonds. The van der Waals surface area contributed by atoms with Crippen molar-refractivity contribution in [2.45, 2.75) is 32.7 Å². The fourth-order valence-corrected chi connectivity index (χ4v) is 3.16. The molecule has 0 radical (unpaired) electrons. The predicted octanol–water partition coefficient (Wildman–Crippen LogP) is 2.12. The molecule has 0 spiro atoms. The van der Waals surface area contributed by atoms with E-state index in [1.54, 1.807) is 0 Å². The van der Waals surface area contributed by atoms with Crippen LogP contribution in [0, 0.1) is 5.92 Å². The summed E-state index contributed by atoms with van der Waals surface area (Å²) < 4.78 is 0.733. The first-order valence-electron chi connectivity index (χ1n) is 6.75. The maximum atomic E-state index is 4.63. The van der Waals surface area contributed by atoms with Gasteiger partial charge in [-0.1, -0.05) is 6.92 Å². The number of fused-ring (bicyclic) bond motifs is 1. The quantitative estimate of drug-likeness (QED) is 0.807. The van der Waals surface area contributed by atoms with Crippen LogP contribution in [0.1, 0.15) is 31.0 Å². The van der Waals surface area contributed by atoms with Gasteiger partial charge in [-0.3, -0.25) is 0 Å². The van der Waals surface area contributed by atoms with Crippen LogP contribution in [0.4, 0.5) is 5.82 Å². The normalized spacial score (nSPS) is 20.9. The molecular formula is C13H19BrN4. The highest BCUT2D eigenvalue weighted by Crippen LogP contribution is 2.28. The molecule has 1 aromatic heterocycles. The molecule has 3 rings (SSSR count). The summed E-state index contributed by atoms with van der Waals surface area (Å²) in [5.74, 6) is 1.99. The first-order valence-corrected chi connectivity index (χ1v) is 7.54. The van der Waals surface area contributed by atoms with E-state index in [4.69, 9.17) is 0 Å². The minimum absolute atomic E-state index is 0.733. The fraction of sp³-hybridized carbons (Fsp3) is 0.692. The molecule has 2 aliphatic heterocycles. The lowest BCUT2D eigenvalue weighted by Gasteiger charge is -2.33. The summed E-state index contributed by atoms with van der Waals surface area (Å²) in [6, 6.07) is 0. The number of rotatable bonds is 1. The Morgan fingerprint density at radius 2 is 2.06 bits per heavy atom. The Labute approximate surface area is 116 Å². The third-order valence-electron chi connectivity index (χ3n) is 3.97. The summed E-state index contributed by atoms with van der Waals surface area (Å²) in [6.45, 7) is 6.51. The molecule has 1 fully saturated rings. The van der Waals surface area contributed by atoms with Crippen molar-refractivity contribution in [2.75, 3.05) is 24.5 Å². The molecular weight excluding hydrogens is 292 g/mol. The van der Waals surface area contributed by atoms with Crippen molar-refractivity contribution in [3.63, 3.8) is 0 Å². The zero-order valence-electron chi connectivity index (χ0n) is 10.7. The lowest BCUT2D eigenvalue weighted by molar-refractivity contribution is 0.434. The van der Waals surface area contributed by atoms with Gasteiger partial charge >= 0.3 is 0 Å². The van der Waals surface area contributed by atoms with E-state index < -0.39 is 0 Å². The average Bonchev–Trinajstić information content (AvgIpc) is 2.38. The maximum Gasteiger partial charge on any atom is 0.198 e. The zero-order chi connectivity index (χ0) is 12.5. The number of nitrogens with zero attached hydrogens (tertiary/aromatic N) is 3. The molecule has 1 N–H and O–H groups in total. The average molecular weight is 311 g/mol. The minimum atomic E-state index is 0.733. The maximum absolute atomic E-state index is 4.63. The summed E-state index contributed by atoms with van der Waals surface area (Å²) in [6.07, 6.45) is 3.54. The highest BCUT2D eigenvalue weighted by molar-refractivity contribution is 9.10. The summed E-state index contributed by atoms with van der Waals surface area (Å²) in [5.41, 5.74) is 2.52. The van der Waals surface area contributed by atoms with Crippen LogP contribution in [0.2, 0.25) is 0 Å². The van der Waals surface area contributed by atoms with Crippen LogP contribution < -0.4 is 10.2 Å². The van der Waals surface area contributed by atoms with E-state index in [-0.39, 0.29) is 0 Å². The van der Waals surface area contributed by atoms with Crippen LogP contribution >= 0.6 is 15.9 Å². The first kappa shape index (κ1) is 12.4. The fourth-order valence-electron chi connectivity index (χ4n) is 2.78. The molecule has 0 unspecified atom stereocenters. The largest absolute Gasteiger partial charge is 0.356 e. The summed E-state index contributed by atoms with van der Waals surface area (Å²) in [7, 11) is 0. The van der Waals surface area contributed by atoms with Gasteiger partial charge in [-0.05, 0) is 34.7 Å². The molecule has 2 aliphatic rings. The van der Waals surface area contributed by atoms with Crippen LogP contribution in [0.5, 0.6) is 0 Å². The van der Waals surface area contributed by atoms with E-state index in [0.29, 0.717) is 0 Å². The van der Waals surface area contributed by atoms with Gasteiger partial charge in [-0.25, -0.2) is 9.97 Å². The second kappa shape index (κ2) is 5.13. The third kappa shape index (κ3) is 2.38. The standard InChI is InChI=1S/C13H19BrN4/c1-9-3-6-18(7-4-9)12-10-8-15-5-2-11(10)16-13(14)17-12/h9,15H,2-8H2,1H3. The van der Waals surface area contributed by atoms with E-state index in [1.807, 2.05) is 0 Å². The molecule has 5 heteroatoms. The van der Waals surface area contributed by atoms with Crippen LogP contribution in [0.3, 0.4) is 0 Å². The van der Waals surface area contributed by atoms with E-state index >= 15 is 0 Å². The van der Waals surface area contributed by atoms with Crippen LogP contribution in [0.25, 0.3) is 0 Å².